The molecule has 0 aliphatic heterocycles. The highest BCUT2D eigenvalue weighted by atomic mass is 32.1. The molecule has 0 aliphatic carbocycles. The number of fused-ring (bicyclic) bond motifs is 1. The van der Waals surface area contributed by atoms with E-state index in [-0.39, 0.29) is 0 Å². The summed E-state index contributed by atoms with van der Waals surface area (Å²) in [6.07, 6.45) is 7.32. The lowest BCUT2D eigenvalue weighted by Crippen LogP contribution is -2.10. The summed E-state index contributed by atoms with van der Waals surface area (Å²) in [5.41, 5.74) is 3.24. The van der Waals surface area contributed by atoms with E-state index in [1.54, 1.807) is 30.8 Å². The average molecular weight is 443 g/mol. The van der Waals surface area contributed by atoms with E-state index in [4.69, 9.17) is 14.7 Å². The molecule has 0 spiro atoms. The van der Waals surface area contributed by atoms with Crippen LogP contribution in [0.1, 0.15) is 0 Å². The van der Waals surface area contributed by atoms with Gasteiger partial charge in [0.2, 0.25) is 0 Å². The van der Waals surface area contributed by atoms with Gasteiger partial charge in [-0.05, 0) is 11.6 Å². The van der Waals surface area contributed by atoms with Gasteiger partial charge < -0.3 is 14.6 Å². The second-order valence-electron chi connectivity index (χ2n) is 7.27. The lowest BCUT2D eigenvalue weighted by Gasteiger charge is -2.11. The Morgan fingerprint density at radius 1 is 1.03 bits per heavy atom. The molecular weight excluding hydrogens is 420 g/mol. The number of nitrogens with one attached hydrogen (secondary N) is 1. The normalized spacial score (nSPS) is 11.2. The molecule has 0 unspecified atom stereocenters. The maximum atomic E-state index is 5.26. The van der Waals surface area contributed by atoms with Crippen LogP contribution >= 0.6 is 11.3 Å². The standard InChI is InChI=1S/C24H22N6OS/c1-30-13-11-27-23(30)22-28-21(26-12-14-31-2)19-18(17-9-6-10-25-15-17)20(32-24(19)29-22)16-7-4-3-5-8-16/h3-11,13,15H,12,14H2,1-2H3,(H,26,28,29). The van der Waals surface area contributed by atoms with Gasteiger partial charge in [-0.3, -0.25) is 4.98 Å². The van der Waals surface area contributed by atoms with Gasteiger partial charge in [-0.25, -0.2) is 15.0 Å². The van der Waals surface area contributed by atoms with Gasteiger partial charge in [-0.15, -0.1) is 11.3 Å². The first-order valence-corrected chi connectivity index (χ1v) is 11.1. The summed E-state index contributed by atoms with van der Waals surface area (Å²) < 4.78 is 7.18. The second kappa shape index (κ2) is 8.86. The predicted molar refractivity (Wildman–Crippen MR) is 129 cm³/mol. The molecule has 0 saturated heterocycles. The second-order valence-corrected chi connectivity index (χ2v) is 8.27. The number of imidazole rings is 1. The Kier molecular flexibility index (Phi) is 5.62. The van der Waals surface area contributed by atoms with Crippen LogP contribution in [0.3, 0.4) is 0 Å². The fourth-order valence-corrected chi connectivity index (χ4v) is 4.86. The van der Waals surface area contributed by atoms with Crippen molar-refractivity contribution >= 4 is 27.4 Å². The highest BCUT2D eigenvalue weighted by Gasteiger charge is 2.22. The third-order valence-electron chi connectivity index (χ3n) is 5.16. The van der Waals surface area contributed by atoms with Crippen molar-refractivity contribution in [2.24, 2.45) is 7.05 Å². The van der Waals surface area contributed by atoms with E-state index < -0.39 is 0 Å². The molecule has 7 nitrogen and oxygen atoms in total. The molecule has 32 heavy (non-hydrogen) atoms. The van der Waals surface area contributed by atoms with E-state index in [9.17, 15) is 0 Å². The number of nitrogens with zero attached hydrogens (tertiary/aromatic N) is 5. The first kappa shape index (κ1) is 20.3. The van der Waals surface area contributed by atoms with Crippen LogP contribution in [0.25, 0.3) is 43.4 Å². The number of ether oxygens (including phenoxy) is 1. The molecule has 4 heterocycles. The Labute approximate surface area is 189 Å². The molecule has 1 N–H and O–H groups in total. The van der Waals surface area contributed by atoms with Crippen molar-refractivity contribution in [3.63, 3.8) is 0 Å². The molecule has 5 aromatic rings. The summed E-state index contributed by atoms with van der Waals surface area (Å²) in [5, 5.41) is 4.44. The maximum absolute atomic E-state index is 5.26. The number of pyridine rings is 1. The molecule has 1 aromatic carbocycles. The summed E-state index contributed by atoms with van der Waals surface area (Å²) in [6.45, 7) is 1.20. The summed E-state index contributed by atoms with van der Waals surface area (Å²) in [5.74, 6) is 2.07. The monoisotopic (exact) mass is 442 g/mol. The van der Waals surface area contributed by atoms with E-state index in [0.717, 1.165) is 43.4 Å². The smallest absolute Gasteiger partial charge is 0.199 e. The van der Waals surface area contributed by atoms with Gasteiger partial charge in [0, 0.05) is 61.5 Å². The first-order chi connectivity index (χ1) is 15.8. The van der Waals surface area contributed by atoms with Crippen molar-refractivity contribution in [3.05, 3.63) is 67.3 Å². The van der Waals surface area contributed by atoms with Crippen LogP contribution in [-0.4, -0.2) is 44.8 Å². The Bertz CT molecular complexity index is 1350. The van der Waals surface area contributed by atoms with Crippen LogP contribution in [0.15, 0.2) is 67.3 Å². The molecule has 8 heteroatoms. The van der Waals surface area contributed by atoms with Crippen LogP contribution in [-0.2, 0) is 11.8 Å². The minimum absolute atomic E-state index is 0.571. The molecule has 0 aliphatic rings. The Balaban J connectivity index is 1.80. The number of hydrogen-bond donors (Lipinski definition) is 1. The summed E-state index contributed by atoms with van der Waals surface area (Å²) in [4.78, 5) is 20.7. The SMILES string of the molecule is COCCNc1nc(-c2nccn2C)nc2sc(-c3ccccc3)c(-c3cccnc3)c12. The van der Waals surface area contributed by atoms with Gasteiger partial charge in [0.1, 0.15) is 10.6 Å². The van der Waals surface area contributed by atoms with E-state index >= 15 is 0 Å². The number of aryl methyl sites for hydroxylation is 1. The van der Waals surface area contributed by atoms with Crippen molar-refractivity contribution < 1.29 is 4.74 Å². The average Bonchev–Trinajstić information content (AvgIpc) is 3.44. The van der Waals surface area contributed by atoms with Gasteiger partial charge in [-0.2, -0.15) is 0 Å². The maximum Gasteiger partial charge on any atom is 0.199 e. The van der Waals surface area contributed by atoms with E-state index in [2.05, 4.69) is 45.6 Å². The van der Waals surface area contributed by atoms with Crippen LogP contribution < -0.4 is 5.32 Å². The Morgan fingerprint density at radius 3 is 2.59 bits per heavy atom. The fraction of sp³-hybridized carbons (Fsp3) is 0.167. The number of anilines is 1. The lowest BCUT2D eigenvalue weighted by molar-refractivity contribution is 0.210. The molecule has 5 rings (SSSR count). The molecule has 0 fully saturated rings. The zero-order chi connectivity index (χ0) is 21.9. The predicted octanol–water partition coefficient (Wildman–Crippen LogP) is 4.88. The van der Waals surface area contributed by atoms with Gasteiger partial charge >= 0.3 is 0 Å². The Morgan fingerprint density at radius 2 is 1.88 bits per heavy atom. The minimum Gasteiger partial charge on any atom is -0.383 e. The molecule has 0 radical (unpaired) electrons. The van der Waals surface area contributed by atoms with Crippen molar-refractivity contribution in [3.8, 4) is 33.2 Å². The molecule has 0 saturated carbocycles. The molecular formula is C24H22N6OS. The highest BCUT2D eigenvalue weighted by Crippen LogP contribution is 2.46. The van der Waals surface area contributed by atoms with Crippen molar-refractivity contribution in [1.29, 1.82) is 0 Å². The number of aromatic nitrogens is 5. The van der Waals surface area contributed by atoms with Crippen LogP contribution in [0.4, 0.5) is 5.82 Å². The third kappa shape index (κ3) is 3.74. The summed E-state index contributed by atoms with van der Waals surface area (Å²) in [7, 11) is 3.63. The molecule has 0 amide bonds. The van der Waals surface area contributed by atoms with Crippen LogP contribution in [0.2, 0.25) is 0 Å². The Hall–Kier alpha value is -3.62. The zero-order valence-electron chi connectivity index (χ0n) is 17.8. The molecule has 0 atom stereocenters. The number of rotatable bonds is 7. The van der Waals surface area contributed by atoms with Gasteiger partial charge in [-0.1, -0.05) is 36.4 Å². The summed E-state index contributed by atoms with van der Waals surface area (Å²) in [6, 6.07) is 14.4. The highest BCUT2D eigenvalue weighted by molar-refractivity contribution is 7.22. The number of benzene rings is 1. The zero-order valence-corrected chi connectivity index (χ0v) is 18.6. The number of hydrogen-bond acceptors (Lipinski definition) is 7. The minimum atomic E-state index is 0.571. The van der Waals surface area contributed by atoms with Crippen LogP contribution in [0, 0.1) is 0 Å². The van der Waals surface area contributed by atoms with Gasteiger partial charge in [0.25, 0.3) is 0 Å². The molecule has 4 aromatic heterocycles. The van der Waals surface area contributed by atoms with Gasteiger partial charge in [0.05, 0.1) is 12.0 Å². The quantitative estimate of drug-likeness (QED) is 0.362. The van der Waals surface area contributed by atoms with E-state index in [1.165, 1.54) is 0 Å². The van der Waals surface area contributed by atoms with Crippen LogP contribution in [0.5, 0.6) is 0 Å². The summed E-state index contributed by atoms with van der Waals surface area (Å²) >= 11 is 1.66. The lowest BCUT2D eigenvalue weighted by atomic mass is 10.0. The largest absolute Gasteiger partial charge is 0.383 e. The van der Waals surface area contributed by atoms with Gasteiger partial charge in [0.15, 0.2) is 11.6 Å². The van der Waals surface area contributed by atoms with Crippen molar-refractivity contribution in [2.45, 2.75) is 0 Å². The molecule has 0 bridgehead atoms. The fourth-order valence-electron chi connectivity index (χ4n) is 3.66. The molecule has 160 valence electrons. The van der Waals surface area contributed by atoms with Crippen molar-refractivity contribution in [2.75, 3.05) is 25.6 Å². The number of methoxy groups -OCH3 is 1. The number of thiophene rings is 1. The van der Waals surface area contributed by atoms with E-state index in [0.29, 0.717) is 19.0 Å². The topological polar surface area (TPSA) is 77.8 Å². The third-order valence-corrected chi connectivity index (χ3v) is 6.29. The van der Waals surface area contributed by atoms with Crippen molar-refractivity contribution in [1.82, 2.24) is 24.5 Å². The van der Waals surface area contributed by atoms with E-state index in [1.807, 2.05) is 36.1 Å². The first-order valence-electron chi connectivity index (χ1n) is 10.3.